The number of carboxylic acid groups (broad SMARTS) is 1. The molecule has 0 bridgehead atoms. The van der Waals surface area contributed by atoms with E-state index in [1.807, 2.05) is 24.3 Å². The summed E-state index contributed by atoms with van der Waals surface area (Å²) in [6.07, 6.45) is 1.31. The minimum atomic E-state index is -1.23. The van der Waals surface area contributed by atoms with Gasteiger partial charge in [0, 0.05) is 30.1 Å². The van der Waals surface area contributed by atoms with Crippen LogP contribution in [0.1, 0.15) is 48.5 Å². The van der Waals surface area contributed by atoms with Gasteiger partial charge in [-0.15, -0.1) is 0 Å². The van der Waals surface area contributed by atoms with Crippen molar-refractivity contribution in [3.8, 4) is 0 Å². The number of hydrogen-bond donors (Lipinski definition) is 3. The van der Waals surface area contributed by atoms with Crippen molar-refractivity contribution in [1.29, 1.82) is 0 Å². The van der Waals surface area contributed by atoms with Crippen molar-refractivity contribution >= 4 is 23.4 Å². The van der Waals surface area contributed by atoms with Crippen LogP contribution in [0, 0.1) is 5.82 Å². The molecule has 0 amide bonds. The number of benzene rings is 2. The van der Waals surface area contributed by atoms with E-state index in [-0.39, 0.29) is 11.6 Å². The van der Waals surface area contributed by atoms with Crippen LogP contribution >= 0.6 is 11.6 Å². The fraction of sp³-hybridized carbons (Fsp3) is 0.417. The van der Waals surface area contributed by atoms with Crippen molar-refractivity contribution in [1.82, 2.24) is 4.90 Å². The Hall–Kier alpha value is -2.32. The summed E-state index contributed by atoms with van der Waals surface area (Å²) in [4.78, 5) is 23.9. The lowest BCUT2D eigenvalue weighted by atomic mass is 9.84. The summed E-state index contributed by atoms with van der Waals surface area (Å²) in [7, 11) is 0. The third-order valence-corrected chi connectivity index (χ3v) is 5.72. The molecule has 0 aliphatic carbocycles. The van der Waals surface area contributed by atoms with E-state index in [9.17, 15) is 19.1 Å². The largest absolute Gasteiger partial charge is 0.479 e. The molecule has 0 spiro atoms. The number of carbonyl (C=O) groups excluding carboxylic acids is 1. The van der Waals surface area contributed by atoms with Gasteiger partial charge in [-0.05, 0) is 74.7 Å². The zero-order chi connectivity index (χ0) is 23.7. The van der Waals surface area contributed by atoms with Crippen molar-refractivity contribution in [2.75, 3.05) is 19.6 Å². The third kappa shape index (κ3) is 7.98. The molecule has 6 nitrogen and oxygen atoms in total. The van der Waals surface area contributed by atoms with Gasteiger partial charge in [-0.3, -0.25) is 4.79 Å². The van der Waals surface area contributed by atoms with Crippen LogP contribution in [0.3, 0.4) is 0 Å². The predicted molar refractivity (Wildman–Crippen MR) is 120 cm³/mol. The summed E-state index contributed by atoms with van der Waals surface area (Å²) in [5.41, 5.74) is 0.667. The van der Waals surface area contributed by atoms with Gasteiger partial charge in [0.05, 0.1) is 5.60 Å². The van der Waals surface area contributed by atoms with Gasteiger partial charge in [0.1, 0.15) is 11.9 Å². The summed E-state index contributed by atoms with van der Waals surface area (Å²) < 4.78 is 12.9. The number of aliphatic carboxylic acids is 1. The first-order valence-corrected chi connectivity index (χ1v) is 10.9. The molecule has 3 N–H and O–H groups in total. The number of aliphatic hydroxyl groups excluding tert-OH is 1. The number of nitrogens with zero attached hydrogens (tertiary/aromatic N) is 1. The zero-order valence-electron chi connectivity index (χ0n) is 18.0. The molecule has 8 heteroatoms. The lowest BCUT2D eigenvalue weighted by molar-refractivity contribution is -0.145. The Morgan fingerprint density at radius 2 is 1.62 bits per heavy atom. The van der Waals surface area contributed by atoms with Gasteiger partial charge in [-0.2, -0.15) is 0 Å². The second-order valence-electron chi connectivity index (χ2n) is 7.93. The fourth-order valence-corrected chi connectivity index (χ4v) is 3.56. The summed E-state index contributed by atoms with van der Waals surface area (Å²) in [6.45, 7) is 3.61. The van der Waals surface area contributed by atoms with Crippen LogP contribution in [0.5, 0.6) is 0 Å². The van der Waals surface area contributed by atoms with Gasteiger partial charge in [0.2, 0.25) is 0 Å². The smallest absolute Gasteiger partial charge is 0.332 e. The second kappa shape index (κ2) is 12.1. The molecule has 0 saturated carbocycles. The molecule has 1 saturated heterocycles. The highest BCUT2D eigenvalue weighted by Gasteiger charge is 2.33. The molecule has 1 aliphatic heterocycles. The van der Waals surface area contributed by atoms with E-state index >= 15 is 0 Å². The first kappa shape index (κ1) is 25.9. The number of aliphatic hydroxyl groups is 2. The molecular formula is C24H29ClFNO5. The lowest BCUT2D eigenvalue weighted by Gasteiger charge is -2.38. The SMILES string of the molecule is C[C@H](O)C(=O)O.O=C(CCCN1CCC(O)(c2ccc(Cl)cc2)CC1)c1ccc(F)cc1. The van der Waals surface area contributed by atoms with Crippen LogP contribution in [-0.4, -0.2) is 57.7 Å². The number of hydrogen-bond acceptors (Lipinski definition) is 5. The van der Waals surface area contributed by atoms with Crippen LogP contribution in [0.15, 0.2) is 48.5 Å². The Morgan fingerprint density at radius 3 is 2.12 bits per heavy atom. The average Bonchev–Trinajstić information content (AvgIpc) is 2.76. The maximum absolute atomic E-state index is 12.9. The number of likely N-dealkylation sites (tertiary alicyclic amines) is 1. The van der Waals surface area contributed by atoms with E-state index in [4.69, 9.17) is 21.8 Å². The van der Waals surface area contributed by atoms with E-state index < -0.39 is 17.7 Å². The van der Waals surface area contributed by atoms with Crippen LogP contribution in [0.4, 0.5) is 4.39 Å². The van der Waals surface area contributed by atoms with Crippen molar-refractivity contribution in [3.05, 3.63) is 70.5 Å². The third-order valence-electron chi connectivity index (χ3n) is 5.47. The first-order valence-electron chi connectivity index (χ1n) is 10.5. The number of rotatable bonds is 7. The van der Waals surface area contributed by atoms with Gasteiger partial charge in [-0.1, -0.05) is 23.7 Å². The monoisotopic (exact) mass is 465 g/mol. The van der Waals surface area contributed by atoms with Crippen molar-refractivity contribution < 1.29 is 29.3 Å². The van der Waals surface area contributed by atoms with Crippen molar-refractivity contribution in [2.45, 2.75) is 44.3 Å². The van der Waals surface area contributed by atoms with Crippen LogP contribution in [0.25, 0.3) is 0 Å². The van der Waals surface area contributed by atoms with E-state index in [0.717, 1.165) is 31.6 Å². The first-order chi connectivity index (χ1) is 15.1. The maximum Gasteiger partial charge on any atom is 0.332 e. The molecule has 0 aromatic heterocycles. The summed E-state index contributed by atoms with van der Waals surface area (Å²) >= 11 is 5.92. The zero-order valence-corrected chi connectivity index (χ0v) is 18.8. The standard InChI is InChI=1S/C21H23ClFNO2.C3H6O3/c22-18-7-5-17(6-8-18)21(26)11-14-24(15-12-21)13-1-2-20(25)16-3-9-19(23)10-4-16;1-2(4)3(5)6/h3-10,26H,1-2,11-15H2;2,4H,1H3,(H,5,6)/t;2-/m.0/s1. The quantitative estimate of drug-likeness (QED) is 0.537. The number of carboxylic acids is 1. The Bertz CT molecular complexity index is 878. The molecule has 1 fully saturated rings. The minimum absolute atomic E-state index is 0.0414. The molecule has 2 aromatic carbocycles. The highest BCUT2D eigenvalue weighted by molar-refractivity contribution is 6.30. The molecule has 0 radical (unpaired) electrons. The van der Waals surface area contributed by atoms with E-state index in [2.05, 4.69) is 4.90 Å². The van der Waals surface area contributed by atoms with E-state index in [1.54, 1.807) is 0 Å². The molecule has 3 rings (SSSR count). The summed E-state index contributed by atoms with van der Waals surface area (Å²) in [5, 5.41) is 27.3. The maximum atomic E-state index is 12.9. The summed E-state index contributed by atoms with van der Waals surface area (Å²) in [5.74, 6) is -1.47. The Balaban J connectivity index is 0.000000534. The van der Waals surface area contributed by atoms with Gasteiger partial charge >= 0.3 is 5.97 Å². The molecule has 2 aromatic rings. The molecule has 0 unspecified atom stereocenters. The topological polar surface area (TPSA) is 98.1 Å². The molecule has 1 aliphatic rings. The number of piperidine rings is 1. The number of carbonyl (C=O) groups is 2. The fourth-order valence-electron chi connectivity index (χ4n) is 3.44. The predicted octanol–water partition coefficient (Wildman–Crippen LogP) is 3.88. The molecule has 1 heterocycles. The van der Waals surface area contributed by atoms with Crippen molar-refractivity contribution in [3.63, 3.8) is 0 Å². The number of Topliss-reactive ketones (excluding diaryl/α,β-unsaturated/α-hetero) is 1. The minimum Gasteiger partial charge on any atom is -0.479 e. The second-order valence-corrected chi connectivity index (χ2v) is 8.36. The van der Waals surface area contributed by atoms with Gasteiger partial charge in [0.15, 0.2) is 5.78 Å². The highest BCUT2D eigenvalue weighted by Crippen LogP contribution is 2.33. The van der Waals surface area contributed by atoms with E-state index in [1.165, 1.54) is 31.2 Å². The average molecular weight is 466 g/mol. The Kier molecular flexibility index (Phi) is 9.78. The van der Waals surface area contributed by atoms with Crippen LogP contribution in [0.2, 0.25) is 5.02 Å². The number of halogens is 2. The van der Waals surface area contributed by atoms with Gasteiger partial charge in [0.25, 0.3) is 0 Å². The Morgan fingerprint density at radius 1 is 1.09 bits per heavy atom. The molecule has 1 atom stereocenters. The lowest BCUT2D eigenvalue weighted by Crippen LogP contribution is -2.42. The number of ketones is 1. The van der Waals surface area contributed by atoms with Gasteiger partial charge in [-0.25, -0.2) is 9.18 Å². The van der Waals surface area contributed by atoms with Crippen molar-refractivity contribution in [2.24, 2.45) is 0 Å². The Labute approximate surface area is 192 Å². The molecule has 174 valence electrons. The normalized spacial score (nSPS) is 16.5. The van der Waals surface area contributed by atoms with Crippen LogP contribution < -0.4 is 0 Å². The van der Waals surface area contributed by atoms with E-state index in [0.29, 0.717) is 29.8 Å². The molecule has 32 heavy (non-hydrogen) atoms. The van der Waals surface area contributed by atoms with Gasteiger partial charge < -0.3 is 20.2 Å². The van der Waals surface area contributed by atoms with Crippen LogP contribution in [-0.2, 0) is 10.4 Å². The molecular weight excluding hydrogens is 437 g/mol. The summed E-state index contributed by atoms with van der Waals surface area (Å²) in [6, 6.07) is 13.1. The highest BCUT2D eigenvalue weighted by atomic mass is 35.5.